The van der Waals surface area contributed by atoms with Crippen LogP contribution in [0.15, 0.2) is 29.2 Å². The molecule has 7 heteroatoms. The van der Waals surface area contributed by atoms with E-state index in [1.807, 2.05) is 12.1 Å². The fraction of sp³-hybridized carbons (Fsp3) is 0.611. The van der Waals surface area contributed by atoms with E-state index in [1.165, 1.54) is 4.31 Å². The summed E-state index contributed by atoms with van der Waals surface area (Å²) in [6.45, 7) is 6.68. The van der Waals surface area contributed by atoms with E-state index in [2.05, 4.69) is 19.2 Å². The van der Waals surface area contributed by atoms with Crippen molar-refractivity contribution in [3.63, 3.8) is 0 Å². The highest BCUT2D eigenvalue weighted by atomic mass is 32.2. The van der Waals surface area contributed by atoms with Crippen LogP contribution in [0.5, 0.6) is 0 Å². The Kier molecular flexibility index (Phi) is 5.46. The third kappa shape index (κ3) is 3.88. The number of rotatable bonds is 4. The predicted molar refractivity (Wildman–Crippen MR) is 96.9 cm³/mol. The minimum Gasteiger partial charge on any atom is -0.339 e. The normalized spacial score (nSPS) is 22.5. The maximum absolute atomic E-state index is 12.8. The zero-order chi connectivity index (χ0) is 18.0. The molecule has 1 aromatic rings. The summed E-state index contributed by atoms with van der Waals surface area (Å²) in [7, 11) is -3.49. The molecular formula is C18H27N3O3S. The predicted octanol–water partition coefficient (Wildman–Crippen LogP) is 1.39. The summed E-state index contributed by atoms with van der Waals surface area (Å²) in [6.07, 6.45) is 1.90. The highest BCUT2D eigenvalue weighted by molar-refractivity contribution is 7.89. The van der Waals surface area contributed by atoms with Crippen molar-refractivity contribution in [1.29, 1.82) is 0 Å². The Bertz CT molecular complexity index is 702. The number of nitrogens with zero attached hydrogens (tertiary/aromatic N) is 2. The van der Waals surface area contributed by atoms with Crippen LogP contribution < -0.4 is 5.32 Å². The van der Waals surface area contributed by atoms with Crippen molar-refractivity contribution in [2.45, 2.75) is 43.5 Å². The highest BCUT2D eigenvalue weighted by Crippen LogP contribution is 2.21. The minimum absolute atomic E-state index is 0.0910. The molecule has 3 rings (SSSR count). The van der Waals surface area contributed by atoms with Gasteiger partial charge >= 0.3 is 0 Å². The van der Waals surface area contributed by atoms with Gasteiger partial charge in [-0.3, -0.25) is 4.79 Å². The van der Waals surface area contributed by atoms with Crippen molar-refractivity contribution in [3.8, 4) is 0 Å². The zero-order valence-electron chi connectivity index (χ0n) is 14.9. The second-order valence-electron chi connectivity index (χ2n) is 7.10. The summed E-state index contributed by atoms with van der Waals surface area (Å²) in [6, 6.07) is 7.04. The Hall–Kier alpha value is -1.44. The smallest absolute Gasteiger partial charge is 0.243 e. The fourth-order valence-electron chi connectivity index (χ4n) is 3.44. The first kappa shape index (κ1) is 18.4. The molecule has 2 aliphatic rings. The lowest BCUT2D eigenvalue weighted by atomic mass is 10.0. The molecule has 2 fully saturated rings. The number of benzene rings is 1. The van der Waals surface area contributed by atoms with Crippen LogP contribution in [0.25, 0.3) is 0 Å². The summed E-state index contributed by atoms with van der Waals surface area (Å²) in [4.78, 5) is 14.5. The van der Waals surface area contributed by atoms with E-state index in [-0.39, 0.29) is 11.9 Å². The maximum Gasteiger partial charge on any atom is 0.243 e. The van der Waals surface area contributed by atoms with Crippen molar-refractivity contribution in [2.75, 3.05) is 32.7 Å². The van der Waals surface area contributed by atoms with Crippen molar-refractivity contribution >= 4 is 15.9 Å². The SMILES string of the molecule is CC(C)c1ccc(S(=O)(=O)N2CCN(C(=O)C3CCCN3)CC2)cc1. The van der Waals surface area contributed by atoms with Crippen molar-refractivity contribution < 1.29 is 13.2 Å². The lowest BCUT2D eigenvalue weighted by Gasteiger charge is -2.35. The van der Waals surface area contributed by atoms with Crippen LogP contribution in [-0.4, -0.2) is 62.3 Å². The van der Waals surface area contributed by atoms with Gasteiger partial charge < -0.3 is 10.2 Å². The number of carbonyl (C=O) groups excluding carboxylic acids is 1. The van der Waals surface area contributed by atoms with E-state index in [0.717, 1.165) is 24.9 Å². The molecule has 0 aromatic heterocycles. The van der Waals surface area contributed by atoms with Gasteiger partial charge in [-0.15, -0.1) is 0 Å². The molecule has 1 atom stereocenters. The largest absolute Gasteiger partial charge is 0.339 e. The first-order valence-corrected chi connectivity index (χ1v) is 10.5. The molecule has 2 aliphatic heterocycles. The Morgan fingerprint density at radius 1 is 1.12 bits per heavy atom. The first-order valence-electron chi connectivity index (χ1n) is 9.02. The maximum atomic E-state index is 12.8. The lowest BCUT2D eigenvalue weighted by molar-refractivity contribution is -0.134. The Morgan fingerprint density at radius 3 is 2.28 bits per heavy atom. The second-order valence-corrected chi connectivity index (χ2v) is 9.04. The molecule has 2 saturated heterocycles. The Labute approximate surface area is 150 Å². The number of carbonyl (C=O) groups is 1. The molecule has 0 aliphatic carbocycles. The third-order valence-electron chi connectivity index (χ3n) is 5.09. The summed E-state index contributed by atoms with van der Waals surface area (Å²) >= 11 is 0. The quantitative estimate of drug-likeness (QED) is 0.876. The van der Waals surface area contributed by atoms with E-state index >= 15 is 0 Å². The first-order chi connectivity index (χ1) is 11.9. The minimum atomic E-state index is -3.49. The summed E-state index contributed by atoms with van der Waals surface area (Å²) in [5.74, 6) is 0.478. The summed E-state index contributed by atoms with van der Waals surface area (Å²) in [5.41, 5.74) is 1.12. The van der Waals surface area contributed by atoms with Gasteiger partial charge in [-0.25, -0.2) is 8.42 Å². The molecular weight excluding hydrogens is 338 g/mol. The number of hydrogen-bond acceptors (Lipinski definition) is 4. The Morgan fingerprint density at radius 2 is 1.76 bits per heavy atom. The van der Waals surface area contributed by atoms with Crippen LogP contribution in [0.1, 0.15) is 38.2 Å². The van der Waals surface area contributed by atoms with E-state index in [4.69, 9.17) is 0 Å². The van der Waals surface area contributed by atoms with E-state index < -0.39 is 10.0 Å². The van der Waals surface area contributed by atoms with E-state index in [0.29, 0.717) is 37.0 Å². The van der Waals surface area contributed by atoms with Gasteiger partial charge in [0.05, 0.1) is 10.9 Å². The number of piperazine rings is 1. The van der Waals surface area contributed by atoms with Crippen LogP contribution in [0, 0.1) is 0 Å². The van der Waals surface area contributed by atoms with Gasteiger partial charge in [0.2, 0.25) is 15.9 Å². The van der Waals surface area contributed by atoms with Gasteiger partial charge in [-0.05, 0) is 43.0 Å². The van der Waals surface area contributed by atoms with Crippen LogP contribution in [-0.2, 0) is 14.8 Å². The lowest BCUT2D eigenvalue weighted by Crippen LogP contribution is -2.54. The van der Waals surface area contributed by atoms with Gasteiger partial charge in [-0.2, -0.15) is 4.31 Å². The molecule has 0 radical (unpaired) electrons. The van der Waals surface area contributed by atoms with Gasteiger partial charge in [0.25, 0.3) is 0 Å². The highest BCUT2D eigenvalue weighted by Gasteiger charge is 2.33. The molecule has 0 saturated carbocycles. The standard InChI is InChI=1S/C18H27N3O3S/c1-14(2)15-5-7-16(8-6-15)25(23,24)21-12-10-20(11-13-21)18(22)17-4-3-9-19-17/h5-8,14,17,19H,3-4,9-13H2,1-2H3. The fourth-order valence-corrected chi connectivity index (χ4v) is 4.86. The molecule has 1 N–H and O–H groups in total. The van der Waals surface area contributed by atoms with E-state index in [1.54, 1.807) is 17.0 Å². The van der Waals surface area contributed by atoms with E-state index in [9.17, 15) is 13.2 Å². The van der Waals surface area contributed by atoms with Crippen molar-refractivity contribution in [2.24, 2.45) is 0 Å². The number of amides is 1. The summed E-state index contributed by atoms with van der Waals surface area (Å²) < 4.78 is 27.1. The third-order valence-corrected chi connectivity index (χ3v) is 7.01. The van der Waals surface area contributed by atoms with Crippen LogP contribution >= 0.6 is 0 Å². The second kappa shape index (κ2) is 7.43. The monoisotopic (exact) mass is 365 g/mol. The molecule has 138 valence electrons. The molecule has 25 heavy (non-hydrogen) atoms. The van der Waals surface area contributed by atoms with Crippen molar-refractivity contribution in [3.05, 3.63) is 29.8 Å². The average Bonchev–Trinajstić information content (AvgIpc) is 3.16. The summed E-state index contributed by atoms with van der Waals surface area (Å²) in [5, 5.41) is 3.21. The molecule has 6 nitrogen and oxygen atoms in total. The van der Waals surface area contributed by atoms with Crippen LogP contribution in [0.4, 0.5) is 0 Å². The van der Waals surface area contributed by atoms with Crippen molar-refractivity contribution in [1.82, 2.24) is 14.5 Å². The van der Waals surface area contributed by atoms with Crippen LogP contribution in [0.2, 0.25) is 0 Å². The molecule has 1 amide bonds. The molecule has 0 spiro atoms. The zero-order valence-corrected chi connectivity index (χ0v) is 15.8. The molecule has 1 unspecified atom stereocenters. The van der Waals surface area contributed by atoms with Gasteiger partial charge in [-0.1, -0.05) is 26.0 Å². The van der Waals surface area contributed by atoms with Gasteiger partial charge in [0.15, 0.2) is 0 Å². The molecule has 0 bridgehead atoms. The molecule has 2 heterocycles. The van der Waals surface area contributed by atoms with Gasteiger partial charge in [0.1, 0.15) is 0 Å². The van der Waals surface area contributed by atoms with Gasteiger partial charge in [0, 0.05) is 26.2 Å². The molecule has 1 aromatic carbocycles. The number of nitrogens with one attached hydrogen (secondary N) is 1. The topological polar surface area (TPSA) is 69.7 Å². The Balaban J connectivity index is 1.64. The van der Waals surface area contributed by atoms with Crippen LogP contribution in [0.3, 0.4) is 0 Å². The number of sulfonamides is 1. The average molecular weight is 365 g/mol. The number of hydrogen-bond donors (Lipinski definition) is 1.